The molecular formula is C22H25ClN2O3. The van der Waals surface area contributed by atoms with Crippen molar-refractivity contribution in [3.05, 3.63) is 64.7 Å². The lowest BCUT2D eigenvalue weighted by Gasteiger charge is -2.27. The summed E-state index contributed by atoms with van der Waals surface area (Å²) in [7, 11) is 0. The van der Waals surface area contributed by atoms with Gasteiger partial charge in [-0.2, -0.15) is 0 Å². The quantitative estimate of drug-likeness (QED) is 0.455. The van der Waals surface area contributed by atoms with Crippen molar-refractivity contribution in [3.8, 4) is 5.75 Å². The molecule has 0 spiro atoms. The molecule has 0 amide bonds. The van der Waals surface area contributed by atoms with E-state index in [0.29, 0.717) is 11.6 Å². The number of carboxylic acids is 1. The molecule has 0 radical (unpaired) electrons. The van der Waals surface area contributed by atoms with Gasteiger partial charge in [0.15, 0.2) is 0 Å². The number of nitrogens with zero attached hydrogens (tertiary/aromatic N) is 1. The van der Waals surface area contributed by atoms with Gasteiger partial charge in [-0.25, -0.2) is 4.79 Å². The number of carboxylic acid groups (broad SMARTS) is 1. The second-order valence-corrected chi connectivity index (χ2v) is 7.27. The fraction of sp³-hybridized carbons (Fsp3) is 0.318. The molecule has 0 atom stereocenters. The Kier molecular flexibility index (Phi) is 6.95. The summed E-state index contributed by atoms with van der Waals surface area (Å²) in [6.45, 7) is 2.22. The summed E-state index contributed by atoms with van der Waals surface area (Å²) in [5.74, 6) is -0.796. The Bertz CT molecular complexity index is 867. The van der Waals surface area contributed by atoms with Gasteiger partial charge in [0.25, 0.3) is 0 Å². The Balaban J connectivity index is 1.68. The number of halogens is 1. The topological polar surface area (TPSA) is 72.8 Å². The molecule has 28 heavy (non-hydrogen) atoms. The molecule has 6 heteroatoms. The number of aryl methyl sites for hydroxylation is 2. The van der Waals surface area contributed by atoms with Crippen LogP contribution in [0.5, 0.6) is 5.75 Å². The van der Waals surface area contributed by atoms with Crippen LogP contribution in [-0.4, -0.2) is 35.8 Å². The lowest BCUT2D eigenvalue weighted by molar-refractivity contribution is -0.131. The Morgan fingerprint density at radius 1 is 1.14 bits per heavy atom. The number of unbranched alkanes of at least 4 members (excludes halogenated alkanes) is 1. The van der Waals surface area contributed by atoms with E-state index in [4.69, 9.17) is 16.7 Å². The molecular weight excluding hydrogens is 376 g/mol. The molecule has 2 aromatic carbocycles. The third-order valence-corrected chi connectivity index (χ3v) is 5.20. The van der Waals surface area contributed by atoms with Crippen molar-refractivity contribution < 1.29 is 15.0 Å². The third-order valence-electron chi connectivity index (χ3n) is 4.89. The molecule has 3 rings (SSSR count). The zero-order valence-corrected chi connectivity index (χ0v) is 16.5. The first-order valence-electron chi connectivity index (χ1n) is 9.53. The van der Waals surface area contributed by atoms with Crippen molar-refractivity contribution in [2.24, 2.45) is 0 Å². The number of rotatable bonds is 8. The maximum atomic E-state index is 10.4. The van der Waals surface area contributed by atoms with Crippen molar-refractivity contribution in [3.63, 3.8) is 0 Å². The number of benzene rings is 2. The van der Waals surface area contributed by atoms with Gasteiger partial charge < -0.3 is 20.4 Å². The summed E-state index contributed by atoms with van der Waals surface area (Å²) in [5, 5.41) is 22.2. The molecule has 3 N–H and O–H groups in total. The van der Waals surface area contributed by atoms with E-state index >= 15 is 0 Å². The largest absolute Gasteiger partial charge is 0.506 e. The van der Waals surface area contributed by atoms with Crippen molar-refractivity contribution in [1.82, 2.24) is 5.32 Å². The van der Waals surface area contributed by atoms with E-state index in [-0.39, 0.29) is 5.75 Å². The molecule has 148 valence electrons. The third kappa shape index (κ3) is 5.06. The minimum Gasteiger partial charge on any atom is -0.506 e. The Morgan fingerprint density at radius 2 is 1.93 bits per heavy atom. The van der Waals surface area contributed by atoms with Crippen LogP contribution in [0.15, 0.2) is 48.6 Å². The van der Waals surface area contributed by atoms with Crippen molar-refractivity contribution in [2.75, 3.05) is 24.5 Å². The number of nitrogens with one attached hydrogen (secondary N) is 1. The van der Waals surface area contributed by atoms with E-state index in [2.05, 4.69) is 34.5 Å². The summed E-state index contributed by atoms with van der Waals surface area (Å²) in [6.07, 6.45) is 6.50. The molecule has 0 saturated heterocycles. The number of anilines is 2. The second kappa shape index (κ2) is 9.62. The smallest absolute Gasteiger partial charge is 0.328 e. The number of fused-ring (bicyclic) bond motifs is 2. The number of para-hydroxylation sites is 1. The lowest BCUT2D eigenvalue weighted by Crippen LogP contribution is -2.22. The van der Waals surface area contributed by atoms with E-state index in [1.54, 1.807) is 12.1 Å². The van der Waals surface area contributed by atoms with Crippen LogP contribution in [0.1, 0.15) is 24.0 Å². The fourth-order valence-corrected chi connectivity index (χ4v) is 3.69. The molecule has 5 nitrogen and oxygen atoms in total. The van der Waals surface area contributed by atoms with Crippen molar-refractivity contribution >= 4 is 28.9 Å². The van der Waals surface area contributed by atoms with E-state index in [0.717, 1.165) is 56.1 Å². The van der Waals surface area contributed by atoms with Gasteiger partial charge in [-0.1, -0.05) is 35.9 Å². The van der Waals surface area contributed by atoms with Crippen LogP contribution >= 0.6 is 11.6 Å². The monoisotopic (exact) mass is 400 g/mol. The zero-order chi connectivity index (χ0) is 19.9. The highest BCUT2D eigenvalue weighted by atomic mass is 35.5. The highest BCUT2D eigenvalue weighted by molar-refractivity contribution is 6.32. The standard InChI is InChI=1S/C22H25ClN2O3/c23-18-15-20-17(14-21(18)26)10-9-16-6-1-2-7-19(16)25(20)13-4-3-11-24-12-5-8-22(27)28/h1-2,5-8,14-15,24,26H,3-4,9-13H2,(H,27,28)/b8-5+. The number of aromatic hydroxyl groups is 1. The summed E-state index contributed by atoms with van der Waals surface area (Å²) < 4.78 is 0. The molecule has 1 heterocycles. The number of carbonyl (C=O) groups is 1. The first kappa shape index (κ1) is 20.2. The van der Waals surface area contributed by atoms with Crippen LogP contribution < -0.4 is 10.2 Å². The summed E-state index contributed by atoms with van der Waals surface area (Å²) in [6, 6.07) is 12.1. The van der Waals surface area contributed by atoms with Crippen LogP contribution in [0.3, 0.4) is 0 Å². The molecule has 0 saturated carbocycles. The van der Waals surface area contributed by atoms with Gasteiger partial charge in [-0.3, -0.25) is 0 Å². The zero-order valence-electron chi connectivity index (χ0n) is 15.7. The Morgan fingerprint density at radius 3 is 2.75 bits per heavy atom. The average molecular weight is 401 g/mol. The van der Waals surface area contributed by atoms with Gasteiger partial charge in [0.2, 0.25) is 0 Å². The first-order chi connectivity index (χ1) is 13.6. The van der Waals surface area contributed by atoms with Gasteiger partial charge in [-0.15, -0.1) is 0 Å². The van der Waals surface area contributed by atoms with Crippen LogP contribution in [0, 0.1) is 0 Å². The van der Waals surface area contributed by atoms with E-state index in [1.807, 2.05) is 6.07 Å². The summed E-state index contributed by atoms with van der Waals surface area (Å²) in [5.41, 5.74) is 4.66. The number of aliphatic carboxylic acids is 1. The first-order valence-corrected chi connectivity index (χ1v) is 9.91. The van der Waals surface area contributed by atoms with Crippen LogP contribution in [0.25, 0.3) is 0 Å². The Labute approximate surface area is 170 Å². The van der Waals surface area contributed by atoms with Crippen LogP contribution in [0.4, 0.5) is 11.4 Å². The molecule has 0 aromatic heterocycles. The van der Waals surface area contributed by atoms with E-state index in [1.165, 1.54) is 11.3 Å². The average Bonchev–Trinajstić information content (AvgIpc) is 2.81. The SMILES string of the molecule is O=C(O)/C=C/CNCCCCN1c2ccccc2CCc2cc(O)c(Cl)cc21. The van der Waals surface area contributed by atoms with Gasteiger partial charge >= 0.3 is 5.97 Å². The van der Waals surface area contributed by atoms with Gasteiger partial charge in [0, 0.05) is 30.5 Å². The van der Waals surface area contributed by atoms with Gasteiger partial charge in [0.05, 0.1) is 5.02 Å². The molecule has 0 aliphatic carbocycles. The van der Waals surface area contributed by atoms with Crippen LogP contribution in [0.2, 0.25) is 5.02 Å². The van der Waals surface area contributed by atoms with Gasteiger partial charge in [-0.05, 0) is 61.6 Å². The maximum absolute atomic E-state index is 10.4. The Hall–Kier alpha value is -2.50. The predicted molar refractivity (Wildman–Crippen MR) is 113 cm³/mol. The second-order valence-electron chi connectivity index (χ2n) is 6.86. The minimum absolute atomic E-state index is 0.130. The van der Waals surface area contributed by atoms with E-state index in [9.17, 15) is 9.90 Å². The number of phenolic OH excluding ortho intramolecular Hbond substituents is 1. The number of hydrogen-bond donors (Lipinski definition) is 3. The molecule has 1 aliphatic rings. The normalized spacial score (nSPS) is 13.2. The van der Waals surface area contributed by atoms with E-state index < -0.39 is 5.97 Å². The van der Waals surface area contributed by atoms with Crippen molar-refractivity contribution in [1.29, 1.82) is 0 Å². The lowest BCUT2D eigenvalue weighted by atomic mass is 10.0. The summed E-state index contributed by atoms with van der Waals surface area (Å²) >= 11 is 6.21. The number of phenols is 1. The highest BCUT2D eigenvalue weighted by Gasteiger charge is 2.21. The molecule has 0 fully saturated rings. The molecule has 0 bridgehead atoms. The molecule has 2 aromatic rings. The molecule has 1 aliphatic heterocycles. The highest BCUT2D eigenvalue weighted by Crippen LogP contribution is 2.40. The van der Waals surface area contributed by atoms with Gasteiger partial charge in [0.1, 0.15) is 5.75 Å². The van der Waals surface area contributed by atoms with Crippen molar-refractivity contribution in [2.45, 2.75) is 25.7 Å². The fourth-order valence-electron chi connectivity index (χ4n) is 3.54. The molecule has 0 unspecified atom stereocenters. The minimum atomic E-state index is -0.926. The number of hydrogen-bond acceptors (Lipinski definition) is 4. The van der Waals surface area contributed by atoms with Crippen LogP contribution in [-0.2, 0) is 17.6 Å². The predicted octanol–water partition coefficient (Wildman–Crippen LogP) is 4.29. The summed E-state index contributed by atoms with van der Waals surface area (Å²) in [4.78, 5) is 12.7. The maximum Gasteiger partial charge on any atom is 0.328 e.